The molecule has 0 aliphatic heterocycles. The molecule has 0 fully saturated rings. The smallest absolute Gasteiger partial charge is 0.321 e. The first-order valence-corrected chi connectivity index (χ1v) is 6.90. The van der Waals surface area contributed by atoms with Crippen LogP contribution in [0, 0.1) is 6.92 Å². The fraction of sp³-hybridized carbons (Fsp3) is 0.467. The zero-order chi connectivity index (χ0) is 15.1. The first-order valence-electron chi connectivity index (χ1n) is 6.90. The third kappa shape index (κ3) is 4.57. The van der Waals surface area contributed by atoms with Crippen molar-refractivity contribution in [1.82, 2.24) is 4.90 Å². The maximum Gasteiger partial charge on any atom is 0.321 e. The van der Waals surface area contributed by atoms with Gasteiger partial charge in [0, 0.05) is 31.4 Å². The second-order valence-electron chi connectivity index (χ2n) is 4.78. The molecule has 0 saturated carbocycles. The Balaban J connectivity index is 2.81. The van der Waals surface area contributed by atoms with E-state index in [4.69, 9.17) is 0 Å². The van der Waals surface area contributed by atoms with Crippen LogP contribution >= 0.6 is 0 Å². The van der Waals surface area contributed by atoms with Crippen LogP contribution in [0.15, 0.2) is 18.2 Å². The van der Waals surface area contributed by atoms with Crippen molar-refractivity contribution in [2.45, 2.75) is 33.6 Å². The summed E-state index contributed by atoms with van der Waals surface area (Å²) in [5.74, 6) is -0.0470. The van der Waals surface area contributed by atoms with Crippen LogP contribution in [0.1, 0.15) is 32.3 Å². The van der Waals surface area contributed by atoms with Crippen molar-refractivity contribution >= 4 is 23.3 Å². The first-order chi connectivity index (χ1) is 9.47. The first kappa shape index (κ1) is 16.0. The predicted octanol–water partition coefficient (Wildman–Crippen LogP) is 3.22. The number of nitrogens with zero attached hydrogens (tertiary/aromatic N) is 1. The van der Waals surface area contributed by atoms with E-state index in [1.807, 2.05) is 26.0 Å². The molecule has 2 N–H and O–H groups in total. The minimum absolute atomic E-state index is 0.0470. The van der Waals surface area contributed by atoms with Gasteiger partial charge in [-0.3, -0.25) is 4.79 Å². The number of nitrogens with one attached hydrogen (secondary N) is 2. The molecule has 0 radical (unpaired) electrons. The van der Waals surface area contributed by atoms with Crippen LogP contribution in [0.2, 0.25) is 0 Å². The molecule has 0 aliphatic rings. The molecule has 5 heteroatoms. The minimum atomic E-state index is -0.145. The van der Waals surface area contributed by atoms with Gasteiger partial charge in [-0.1, -0.05) is 19.9 Å². The van der Waals surface area contributed by atoms with Crippen molar-refractivity contribution in [1.29, 1.82) is 0 Å². The average Bonchev–Trinajstić information content (AvgIpc) is 2.42. The largest absolute Gasteiger partial charge is 0.328 e. The summed E-state index contributed by atoms with van der Waals surface area (Å²) >= 11 is 0. The molecule has 0 saturated heterocycles. The van der Waals surface area contributed by atoms with E-state index in [1.165, 1.54) is 0 Å². The molecule has 0 bridgehead atoms. The molecule has 0 heterocycles. The summed E-state index contributed by atoms with van der Waals surface area (Å²) in [5, 5.41) is 5.65. The van der Waals surface area contributed by atoms with Gasteiger partial charge in [-0.15, -0.1) is 0 Å². The Morgan fingerprint density at radius 3 is 2.50 bits per heavy atom. The summed E-state index contributed by atoms with van der Waals surface area (Å²) in [5.41, 5.74) is 2.36. The van der Waals surface area contributed by atoms with Gasteiger partial charge in [-0.05, 0) is 31.0 Å². The van der Waals surface area contributed by atoms with Crippen molar-refractivity contribution in [3.05, 3.63) is 23.8 Å². The van der Waals surface area contributed by atoms with E-state index in [0.29, 0.717) is 24.3 Å². The van der Waals surface area contributed by atoms with Crippen molar-refractivity contribution in [3.63, 3.8) is 0 Å². The fourth-order valence-electron chi connectivity index (χ4n) is 1.73. The van der Waals surface area contributed by atoms with Gasteiger partial charge < -0.3 is 15.5 Å². The summed E-state index contributed by atoms with van der Waals surface area (Å²) < 4.78 is 0. The molecule has 0 spiro atoms. The highest BCUT2D eigenvalue weighted by Crippen LogP contribution is 2.20. The van der Waals surface area contributed by atoms with Gasteiger partial charge in [0.1, 0.15) is 0 Å². The van der Waals surface area contributed by atoms with Crippen LogP contribution in [0.4, 0.5) is 16.2 Å². The lowest BCUT2D eigenvalue weighted by Gasteiger charge is -2.18. The van der Waals surface area contributed by atoms with Crippen LogP contribution in [0.3, 0.4) is 0 Å². The number of urea groups is 1. The monoisotopic (exact) mass is 277 g/mol. The molecule has 0 unspecified atom stereocenters. The summed E-state index contributed by atoms with van der Waals surface area (Å²) in [7, 11) is 1.76. The van der Waals surface area contributed by atoms with Crippen LogP contribution in [0.5, 0.6) is 0 Å². The molecule has 5 nitrogen and oxygen atoms in total. The highest BCUT2D eigenvalue weighted by molar-refractivity contribution is 5.94. The van der Waals surface area contributed by atoms with Gasteiger partial charge in [0.05, 0.1) is 0 Å². The van der Waals surface area contributed by atoms with Crippen LogP contribution in [-0.4, -0.2) is 30.4 Å². The minimum Gasteiger partial charge on any atom is -0.328 e. The quantitative estimate of drug-likeness (QED) is 0.868. The number of amides is 3. The predicted molar refractivity (Wildman–Crippen MR) is 82.0 cm³/mol. The number of benzene rings is 1. The topological polar surface area (TPSA) is 61.4 Å². The molecule has 0 atom stereocenters. The lowest BCUT2D eigenvalue weighted by molar-refractivity contribution is -0.115. The number of carbonyl (C=O) groups excluding carboxylic acids is 2. The highest BCUT2D eigenvalue weighted by Gasteiger charge is 2.10. The Bertz CT molecular complexity index is 486. The van der Waals surface area contributed by atoms with Crippen LogP contribution in [0.25, 0.3) is 0 Å². The van der Waals surface area contributed by atoms with Gasteiger partial charge in [0.15, 0.2) is 0 Å². The zero-order valence-corrected chi connectivity index (χ0v) is 12.6. The van der Waals surface area contributed by atoms with Crippen molar-refractivity contribution in [2.24, 2.45) is 0 Å². The fourth-order valence-corrected chi connectivity index (χ4v) is 1.73. The standard InChI is InChI=1S/C15H23N3O2/c1-5-9-18(4)15(20)17-13-10-12(8-7-11(13)3)16-14(19)6-2/h7-8,10H,5-6,9H2,1-4H3,(H,16,19)(H,17,20). The van der Waals surface area contributed by atoms with Crippen LogP contribution < -0.4 is 10.6 Å². The summed E-state index contributed by atoms with van der Waals surface area (Å²) in [6.45, 7) is 6.44. The molecule has 0 aliphatic carbocycles. The lowest BCUT2D eigenvalue weighted by Crippen LogP contribution is -2.32. The molecule has 20 heavy (non-hydrogen) atoms. The van der Waals surface area contributed by atoms with E-state index >= 15 is 0 Å². The van der Waals surface area contributed by atoms with Crippen LogP contribution in [-0.2, 0) is 4.79 Å². The Morgan fingerprint density at radius 1 is 1.20 bits per heavy atom. The van der Waals surface area contributed by atoms with Gasteiger partial charge in [0.25, 0.3) is 0 Å². The molecule has 1 aromatic carbocycles. The molecule has 1 rings (SSSR count). The Hall–Kier alpha value is -2.04. The van der Waals surface area contributed by atoms with Crippen molar-refractivity contribution in [3.8, 4) is 0 Å². The molecular weight excluding hydrogens is 254 g/mol. The van der Waals surface area contributed by atoms with E-state index in [0.717, 1.165) is 12.0 Å². The highest BCUT2D eigenvalue weighted by atomic mass is 16.2. The number of carbonyl (C=O) groups is 2. The summed E-state index contributed by atoms with van der Waals surface area (Å²) in [6.07, 6.45) is 1.34. The molecule has 3 amide bonds. The second kappa shape index (κ2) is 7.53. The van der Waals surface area contributed by atoms with E-state index < -0.39 is 0 Å². The molecule has 110 valence electrons. The Kier molecular flexibility index (Phi) is 6.03. The van der Waals surface area contributed by atoms with Gasteiger partial charge in [0.2, 0.25) is 5.91 Å². The van der Waals surface area contributed by atoms with Gasteiger partial charge >= 0.3 is 6.03 Å². The number of anilines is 2. The molecular formula is C15H23N3O2. The van der Waals surface area contributed by atoms with Gasteiger partial charge in [-0.25, -0.2) is 4.79 Å². The number of aryl methyl sites for hydroxylation is 1. The normalized spacial score (nSPS) is 10.0. The second-order valence-corrected chi connectivity index (χ2v) is 4.78. The zero-order valence-electron chi connectivity index (χ0n) is 12.6. The summed E-state index contributed by atoms with van der Waals surface area (Å²) in [4.78, 5) is 25.0. The Morgan fingerprint density at radius 2 is 1.90 bits per heavy atom. The maximum absolute atomic E-state index is 12.0. The number of rotatable bonds is 5. The van der Waals surface area contributed by atoms with Crippen molar-refractivity contribution < 1.29 is 9.59 Å². The van der Waals surface area contributed by atoms with E-state index in [9.17, 15) is 9.59 Å². The van der Waals surface area contributed by atoms with E-state index in [2.05, 4.69) is 10.6 Å². The third-order valence-corrected chi connectivity index (χ3v) is 2.99. The number of hydrogen-bond donors (Lipinski definition) is 2. The summed E-state index contributed by atoms with van der Waals surface area (Å²) in [6, 6.07) is 5.34. The number of hydrogen-bond acceptors (Lipinski definition) is 2. The average molecular weight is 277 g/mol. The molecule has 1 aromatic rings. The molecule has 0 aromatic heterocycles. The van der Waals surface area contributed by atoms with E-state index in [-0.39, 0.29) is 11.9 Å². The van der Waals surface area contributed by atoms with Gasteiger partial charge in [-0.2, -0.15) is 0 Å². The third-order valence-electron chi connectivity index (χ3n) is 2.99. The Labute approximate surface area is 120 Å². The maximum atomic E-state index is 12.0. The van der Waals surface area contributed by atoms with E-state index in [1.54, 1.807) is 24.9 Å². The lowest BCUT2D eigenvalue weighted by atomic mass is 10.1. The SMILES string of the molecule is CCCN(C)C(=O)Nc1cc(NC(=O)CC)ccc1C. The van der Waals surface area contributed by atoms with Crippen molar-refractivity contribution in [2.75, 3.05) is 24.2 Å².